The summed E-state index contributed by atoms with van der Waals surface area (Å²) in [7, 11) is 0. The third-order valence-electron chi connectivity index (χ3n) is 2.08. The van der Waals surface area contributed by atoms with E-state index in [0.717, 1.165) is 5.56 Å². The van der Waals surface area contributed by atoms with Gasteiger partial charge in [-0.05, 0) is 30.7 Å². The molecule has 1 aromatic rings. The lowest BCUT2D eigenvalue weighted by molar-refractivity contribution is -0.384. The van der Waals surface area contributed by atoms with E-state index in [1.54, 1.807) is 19.1 Å². The highest BCUT2D eigenvalue weighted by Gasteiger charge is 2.13. The summed E-state index contributed by atoms with van der Waals surface area (Å²) in [5, 5.41) is 10.5. The number of nitro benzene ring substituents is 1. The first-order valence-corrected chi connectivity index (χ1v) is 7.89. The maximum Gasteiger partial charge on any atom is 0.324 e. The summed E-state index contributed by atoms with van der Waals surface area (Å²) in [5.74, 6) is 0. The van der Waals surface area contributed by atoms with Crippen LogP contribution in [0.1, 0.15) is 12.5 Å². The molecule has 1 atom stereocenters. The van der Waals surface area contributed by atoms with Crippen molar-refractivity contribution in [2.24, 2.45) is 0 Å². The molecule has 0 saturated carbocycles. The molecule has 0 radical (unpaired) electrons. The molecule has 0 heterocycles. The van der Waals surface area contributed by atoms with E-state index in [9.17, 15) is 15.0 Å². The molecule has 18 heavy (non-hydrogen) atoms. The average molecular weight is 291 g/mol. The van der Waals surface area contributed by atoms with Crippen LogP contribution >= 0.6 is 6.72 Å². The molecular weight excluding hydrogens is 277 g/mol. The fourth-order valence-corrected chi connectivity index (χ4v) is 2.53. The SMILES string of the molecule is CCOP(O)(=S)OCCc1ccc([N+](=O)[O-])cc1. The van der Waals surface area contributed by atoms with Gasteiger partial charge in [0, 0.05) is 12.1 Å². The maximum atomic E-state index is 10.5. The Morgan fingerprint density at radius 3 is 2.50 bits per heavy atom. The summed E-state index contributed by atoms with van der Waals surface area (Å²) >= 11 is 4.75. The molecule has 6 nitrogen and oxygen atoms in total. The van der Waals surface area contributed by atoms with E-state index in [1.165, 1.54) is 12.1 Å². The van der Waals surface area contributed by atoms with Gasteiger partial charge in [0.2, 0.25) is 0 Å². The molecule has 0 aromatic heterocycles. The van der Waals surface area contributed by atoms with Gasteiger partial charge in [-0.2, -0.15) is 0 Å². The van der Waals surface area contributed by atoms with Crippen molar-refractivity contribution >= 4 is 24.2 Å². The van der Waals surface area contributed by atoms with Gasteiger partial charge < -0.3 is 13.9 Å². The van der Waals surface area contributed by atoms with Crippen molar-refractivity contribution in [3.63, 3.8) is 0 Å². The molecule has 0 aliphatic carbocycles. The molecule has 1 aromatic carbocycles. The summed E-state index contributed by atoms with van der Waals surface area (Å²) < 4.78 is 9.96. The van der Waals surface area contributed by atoms with Crippen LogP contribution < -0.4 is 0 Å². The van der Waals surface area contributed by atoms with Crippen molar-refractivity contribution in [2.45, 2.75) is 13.3 Å². The maximum absolute atomic E-state index is 10.5. The Bertz CT molecular complexity index is 450. The number of non-ortho nitro benzene ring substituents is 1. The van der Waals surface area contributed by atoms with Crippen LogP contribution in [0.2, 0.25) is 0 Å². The van der Waals surface area contributed by atoms with Crippen molar-refractivity contribution in [3.05, 3.63) is 39.9 Å². The minimum absolute atomic E-state index is 0.0428. The Morgan fingerprint density at radius 1 is 1.39 bits per heavy atom. The third-order valence-corrected chi connectivity index (χ3v) is 3.81. The molecule has 0 saturated heterocycles. The van der Waals surface area contributed by atoms with Gasteiger partial charge in [-0.3, -0.25) is 10.1 Å². The zero-order valence-electron chi connectivity index (χ0n) is 9.81. The highest BCUT2D eigenvalue weighted by Crippen LogP contribution is 2.43. The lowest BCUT2D eigenvalue weighted by Crippen LogP contribution is -1.99. The number of rotatable bonds is 7. The molecule has 0 aliphatic heterocycles. The van der Waals surface area contributed by atoms with Gasteiger partial charge >= 0.3 is 6.72 Å². The molecule has 1 unspecified atom stereocenters. The molecule has 0 spiro atoms. The quantitative estimate of drug-likeness (QED) is 0.472. The van der Waals surface area contributed by atoms with Crippen molar-refractivity contribution in [1.29, 1.82) is 0 Å². The third kappa shape index (κ3) is 5.20. The van der Waals surface area contributed by atoms with Crippen LogP contribution in [-0.4, -0.2) is 23.0 Å². The number of benzene rings is 1. The number of nitrogens with zero attached hydrogens (tertiary/aromatic N) is 1. The fraction of sp³-hybridized carbons (Fsp3) is 0.400. The fourth-order valence-electron chi connectivity index (χ4n) is 1.26. The molecule has 0 fully saturated rings. The molecule has 1 rings (SSSR count). The van der Waals surface area contributed by atoms with E-state index >= 15 is 0 Å². The minimum atomic E-state index is -3.13. The van der Waals surface area contributed by atoms with Crippen molar-refractivity contribution < 1.29 is 18.9 Å². The number of hydrogen-bond donors (Lipinski definition) is 1. The second kappa shape index (κ2) is 6.92. The Morgan fingerprint density at radius 2 is 2.00 bits per heavy atom. The Labute approximate surface area is 110 Å². The van der Waals surface area contributed by atoms with Gasteiger partial charge in [-0.15, -0.1) is 0 Å². The second-order valence-electron chi connectivity index (χ2n) is 3.39. The van der Waals surface area contributed by atoms with E-state index in [4.69, 9.17) is 20.9 Å². The largest absolute Gasteiger partial charge is 0.324 e. The highest BCUT2D eigenvalue weighted by atomic mass is 32.5. The lowest BCUT2D eigenvalue weighted by Gasteiger charge is -2.14. The predicted octanol–water partition coefficient (Wildman–Crippen LogP) is 2.41. The van der Waals surface area contributed by atoms with E-state index in [2.05, 4.69) is 0 Å². The molecule has 0 bridgehead atoms. The Balaban J connectivity index is 2.45. The number of hydrogen-bond acceptors (Lipinski definition) is 5. The van der Waals surface area contributed by atoms with Crippen LogP contribution in [0.3, 0.4) is 0 Å². The first-order valence-electron chi connectivity index (χ1n) is 5.30. The van der Waals surface area contributed by atoms with Crippen LogP contribution in [-0.2, 0) is 27.3 Å². The van der Waals surface area contributed by atoms with E-state index in [0.29, 0.717) is 13.0 Å². The van der Waals surface area contributed by atoms with Crippen LogP contribution in [0, 0.1) is 10.1 Å². The summed E-state index contributed by atoms with van der Waals surface area (Å²) in [6.07, 6.45) is 0.504. The van der Waals surface area contributed by atoms with Crippen molar-refractivity contribution in [3.8, 4) is 0 Å². The van der Waals surface area contributed by atoms with Crippen molar-refractivity contribution in [2.75, 3.05) is 13.2 Å². The summed E-state index contributed by atoms with van der Waals surface area (Å²) in [4.78, 5) is 19.5. The monoisotopic (exact) mass is 291 g/mol. The van der Waals surface area contributed by atoms with Crippen LogP contribution in [0.5, 0.6) is 0 Å². The Kier molecular flexibility index (Phi) is 5.84. The van der Waals surface area contributed by atoms with E-state index in [1.807, 2.05) is 0 Å². The van der Waals surface area contributed by atoms with Gasteiger partial charge in [0.15, 0.2) is 0 Å². The summed E-state index contributed by atoms with van der Waals surface area (Å²) in [6, 6.07) is 6.13. The molecular formula is C10H14NO5PS. The van der Waals surface area contributed by atoms with Crippen LogP contribution in [0.15, 0.2) is 24.3 Å². The number of nitro groups is 1. The molecule has 8 heteroatoms. The smallest absolute Gasteiger partial charge is 0.324 e. The standard InChI is InChI=1S/C10H14NO5PS/c1-2-15-17(14,18)16-8-7-9-3-5-10(6-4-9)11(12)13/h3-6H,2,7-8H2,1H3,(H,14,18). The zero-order valence-corrected chi connectivity index (χ0v) is 11.5. The van der Waals surface area contributed by atoms with E-state index in [-0.39, 0.29) is 12.3 Å². The van der Waals surface area contributed by atoms with Crippen molar-refractivity contribution in [1.82, 2.24) is 0 Å². The molecule has 100 valence electrons. The average Bonchev–Trinajstić information content (AvgIpc) is 2.29. The van der Waals surface area contributed by atoms with Gasteiger partial charge in [0.05, 0.1) is 18.1 Å². The summed E-state index contributed by atoms with van der Waals surface area (Å²) in [6.45, 7) is -0.900. The normalized spacial score (nSPS) is 14.1. The zero-order chi connectivity index (χ0) is 13.6. The summed E-state index contributed by atoms with van der Waals surface area (Å²) in [5.41, 5.74) is 0.911. The molecule has 0 amide bonds. The van der Waals surface area contributed by atoms with Gasteiger partial charge in [-0.1, -0.05) is 12.1 Å². The van der Waals surface area contributed by atoms with E-state index < -0.39 is 11.6 Å². The molecule has 1 N–H and O–H groups in total. The highest BCUT2D eigenvalue weighted by molar-refractivity contribution is 8.07. The minimum Gasteiger partial charge on any atom is -0.324 e. The van der Waals surface area contributed by atoms with Crippen LogP contribution in [0.4, 0.5) is 5.69 Å². The van der Waals surface area contributed by atoms with Gasteiger partial charge in [-0.25, -0.2) is 0 Å². The van der Waals surface area contributed by atoms with Crippen LogP contribution in [0.25, 0.3) is 0 Å². The first kappa shape index (κ1) is 15.2. The predicted molar refractivity (Wildman–Crippen MR) is 70.9 cm³/mol. The Hall–Kier alpha value is -0.850. The first-order chi connectivity index (χ1) is 8.44. The van der Waals surface area contributed by atoms with Gasteiger partial charge in [0.1, 0.15) is 0 Å². The topological polar surface area (TPSA) is 81.8 Å². The molecule has 0 aliphatic rings. The lowest BCUT2D eigenvalue weighted by atomic mass is 10.1. The second-order valence-corrected chi connectivity index (χ2v) is 6.23. The van der Waals surface area contributed by atoms with Gasteiger partial charge in [0.25, 0.3) is 5.69 Å².